The molecular formula is C27H23N3O4S. The molecule has 0 aliphatic carbocycles. The minimum atomic E-state index is -0.304. The van der Waals surface area contributed by atoms with Gasteiger partial charge in [0.05, 0.1) is 23.4 Å². The van der Waals surface area contributed by atoms with Gasteiger partial charge in [0.2, 0.25) is 0 Å². The van der Waals surface area contributed by atoms with Crippen LogP contribution in [0.15, 0.2) is 83.5 Å². The van der Waals surface area contributed by atoms with Crippen LogP contribution in [0, 0.1) is 0 Å². The molecule has 0 bridgehead atoms. The zero-order valence-electron chi connectivity index (χ0n) is 19.2. The summed E-state index contributed by atoms with van der Waals surface area (Å²) in [6.07, 6.45) is 3.45. The molecule has 0 spiro atoms. The molecule has 8 heteroatoms. The third-order valence-corrected chi connectivity index (χ3v) is 6.56. The van der Waals surface area contributed by atoms with Crippen LogP contribution in [0.2, 0.25) is 0 Å². The number of rotatable bonds is 8. The molecular weight excluding hydrogens is 462 g/mol. The number of amides is 1. The van der Waals surface area contributed by atoms with Crippen LogP contribution < -0.4 is 14.8 Å². The van der Waals surface area contributed by atoms with E-state index in [2.05, 4.69) is 15.3 Å². The highest BCUT2D eigenvalue weighted by molar-refractivity contribution is 7.21. The third kappa shape index (κ3) is 5.02. The first-order valence-corrected chi connectivity index (χ1v) is 11.9. The first kappa shape index (κ1) is 22.6. The number of benzene rings is 2. The van der Waals surface area contributed by atoms with Crippen molar-refractivity contribution >= 4 is 27.5 Å². The number of hydrogen-bond acceptors (Lipinski definition) is 7. The van der Waals surface area contributed by atoms with Gasteiger partial charge in [0.1, 0.15) is 6.61 Å². The van der Waals surface area contributed by atoms with Crippen LogP contribution >= 0.6 is 11.3 Å². The van der Waals surface area contributed by atoms with Gasteiger partial charge in [-0.1, -0.05) is 18.2 Å². The van der Waals surface area contributed by atoms with Crippen molar-refractivity contribution in [3.8, 4) is 22.3 Å². The first-order valence-electron chi connectivity index (χ1n) is 11.1. The van der Waals surface area contributed by atoms with E-state index in [4.69, 9.17) is 13.9 Å². The first-order chi connectivity index (χ1) is 17.1. The highest BCUT2D eigenvalue weighted by atomic mass is 32.1. The smallest absolute Gasteiger partial charge is 0.287 e. The maximum absolute atomic E-state index is 12.8. The Hall–Kier alpha value is -4.17. The third-order valence-electron chi connectivity index (χ3n) is 5.51. The second-order valence-electron chi connectivity index (χ2n) is 7.90. The van der Waals surface area contributed by atoms with Crippen molar-refractivity contribution in [3.63, 3.8) is 0 Å². The summed E-state index contributed by atoms with van der Waals surface area (Å²) in [5.74, 6) is 1.71. The molecule has 0 aliphatic heterocycles. The van der Waals surface area contributed by atoms with Gasteiger partial charge in [-0.2, -0.15) is 0 Å². The molecule has 3 aromatic heterocycles. The van der Waals surface area contributed by atoms with Gasteiger partial charge in [-0.15, -0.1) is 11.3 Å². The van der Waals surface area contributed by atoms with E-state index in [1.54, 1.807) is 31.6 Å². The number of carbonyl (C=O) groups excluding carboxylic acids is 1. The van der Waals surface area contributed by atoms with E-state index in [1.807, 2.05) is 61.5 Å². The van der Waals surface area contributed by atoms with Gasteiger partial charge in [0.15, 0.2) is 28.0 Å². The van der Waals surface area contributed by atoms with E-state index in [-0.39, 0.29) is 17.7 Å². The number of methoxy groups -OCH3 is 1. The molecule has 176 valence electrons. The van der Waals surface area contributed by atoms with Gasteiger partial charge < -0.3 is 19.2 Å². The van der Waals surface area contributed by atoms with Gasteiger partial charge in [-0.25, -0.2) is 4.98 Å². The fraction of sp³-hybridized carbons (Fsp3) is 0.148. The number of fused-ring (bicyclic) bond motifs is 1. The number of para-hydroxylation sites is 1. The number of ether oxygens (including phenoxy) is 2. The number of hydrogen-bond donors (Lipinski definition) is 1. The number of nitrogens with one attached hydrogen (secondary N) is 1. The Kier molecular flexibility index (Phi) is 6.45. The Morgan fingerprint density at radius 1 is 1.06 bits per heavy atom. The quantitative estimate of drug-likeness (QED) is 0.289. The van der Waals surface area contributed by atoms with E-state index in [0.29, 0.717) is 23.9 Å². The second kappa shape index (κ2) is 9.99. The average molecular weight is 486 g/mol. The Morgan fingerprint density at radius 2 is 1.89 bits per heavy atom. The Labute approximate surface area is 206 Å². The largest absolute Gasteiger partial charge is 0.493 e. The maximum atomic E-state index is 12.8. The monoisotopic (exact) mass is 485 g/mol. The molecule has 2 aromatic carbocycles. The molecule has 3 heterocycles. The molecule has 0 radical (unpaired) electrons. The van der Waals surface area contributed by atoms with Crippen molar-refractivity contribution in [2.24, 2.45) is 0 Å². The molecule has 35 heavy (non-hydrogen) atoms. The lowest BCUT2D eigenvalue weighted by Gasteiger charge is -2.17. The fourth-order valence-electron chi connectivity index (χ4n) is 3.62. The zero-order valence-corrected chi connectivity index (χ0v) is 20.0. The SMILES string of the molecule is COc1cc(C(C)NC(=O)c2ccc(-c3nc4ccccc4s3)o2)ccc1OCc1ccncc1. The summed E-state index contributed by atoms with van der Waals surface area (Å²) >= 11 is 1.53. The minimum absolute atomic E-state index is 0.232. The van der Waals surface area contributed by atoms with Crippen LogP contribution in [0.1, 0.15) is 34.6 Å². The highest BCUT2D eigenvalue weighted by Gasteiger charge is 2.18. The molecule has 5 rings (SSSR count). The Bertz CT molecular complexity index is 1430. The van der Waals surface area contributed by atoms with Gasteiger partial charge in [0.25, 0.3) is 5.91 Å². The van der Waals surface area contributed by atoms with Crippen LogP contribution in [0.4, 0.5) is 0 Å². The molecule has 0 saturated heterocycles. The molecule has 0 aliphatic rings. The highest BCUT2D eigenvalue weighted by Crippen LogP contribution is 2.32. The molecule has 7 nitrogen and oxygen atoms in total. The van der Waals surface area contributed by atoms with Crippen molar-refractivity contribution in [2.75, 3.05) is 7.11 Å². The van der Waals surface area contributed by atoms with E-state index >= 15 is 0 Å². The summed E-state index contributed by atoms with van der Waals surface area (Å²) in [6, 6.07) is 20.5. The van der Waals surface area contributed by atoms with Crippen molar-refractivity contribution in [3.05, 3.63) is 96.0 Å². The number of carbonyl (C=O) groups is 1. The van der Waals surface area contributed by atoms with Crippen LogP contribution in [-0.4, -0.2) is 23.0 Å². The standard InChI is InChI=1S/C27H23N3O4S/c1-17(19-7-8-21(24(15-19)32-2)33-16-18-11-13-28-14-12-18)29-26(31)22-9-10-23(34-22)27-30-20-5-3-4-6-25(20)35-27/h3-15,17H,16H2,1-2H3,(H,29,31). The Balaban J connectivity index is 1.26. The predicted octanol–water partition coefficient (Wildman–Crippen LogP) is 6.03. The van der Waals surface area contributed by atoms with Crippen LogP contribution in [0.3, 0.4) is 0 Å². The zero-order chi connectivity index (χ0) is 24.2. The maximum Gasteiger partial charge on any atom is 0.287 e. The summed E-state index contributed by atoms with van der Waals surface area (Å²) in [7, 11) is 1.59. The van der Waals surface area contributed by atoms with Crippen LogP contribution in [0.5, 0.6) is 11.5 Å². The van der Waals surface area contributed by atoms with E-state index in [9.17, 15) is 4.79 Å². The van der Waals surface area contributed by atoms with E-state index in [0.717, 1.165) is 26.4 Å². The van der Waals surface area contributed by atoms with Gasteiger partial charge in [-0.05, 0) is 66.6 Å². The summed E-state index contributed by atoms with van der Waals surface area (Å²) in [6.45, 7) is 2.31. The van der Waals surface area contributed by atoms with Crippen LogP contribution in [-0.2, 0) is 6.61 Å². The molecule has 1 atom stereocenters. The van der Waals surface area contributed by atoms with Crippen LogP contribution in [0.25, 0.3) is 21.0 Å². The second-order valence-corrected chi connectivity index (χ2v) is 8.93. The summed E-state index contributed by atoms with van der Waals surface area (Å²) < 4.78 is 18.3. The summed E-state index contributed by atoms with van der Waals surface area (Å²) in [4.78, 5) is 21.4. The van der Waals surface area contributed by atoms with Gasteiger partial charge in [-0.3, -0.25) is 9.78 Å². The topological polar surface area (TPSA) is 86.5 Å². The van der Waals surface area contributed by atoms with Gasteiger partial charge >= 0.3 is 0 Å². The summed E-state index contributed by atoms with van der Waals surface area (Å²) in [5, 5.41) is 3.72. The lowest BCUT2D eigenvalue weighted by molar-refractivity contribution is 0.0912. The van der Waals surface area contributed by atoms with E-state index < -0.39 is 0 Å². The number of aromatic nitrogens is 2. The number of pyridine rings is 1. The van der Waals surface area contributed by atoms with Crippen molar-refractivity contribution in [2.45, 2.75) is 19.6 Å². The van der Waals surface area contributed by atoms with E-state index in [1.165, 1.54) is 11.3 Å². The summed E-state index contributed by atoms with van der Waals surface area (Å²) in [5.41, 5.74) is 2.80. The number of nitrogens with zero attached hydrogens (tertiary/aromatic N) is 2. The lowest BCUT2D eigenvalue weighted by Crippen LogP contribution is -2.26. The van der Waals surface area contributed by atoms with Crippen molar-refractivity contribution in [1.29, 1.82) is 0 Å². The fourth-order valence-corrected chi connectivity index (χ4v) is 4.54. The molecule has 1 unspecified atom stereocenters. The predicted molar refractivity (Wildman–Crippen MR) is 135 cm³/mol. The van der Waals surface area contributed by atoms with Crippen molar-refractivity contribution < 1.29 is 18.7 Å². The molecule has 5 aromatic rings. The Morgan fingerprint density at radius 3 is 2.69 bits per heavy atom. The molecule has 1 amide bonds. The van der Waals surface area contributed by atoms with Crippen molar-refractivity contribution in [1.82, 2.24) is 15.3 Å². The molecule has 0 saturated carbocycles. The van der Waals surface area contributed by atoms with Gasteiger partial charge in [0, 0.05) is 12.4 Å². The lowest BCUT2D eigenvalue weighted by atomic mass is 10.1. The minimum Gasteiger partial charge on any atom is -0.493 e. The average Bonchev–Trinajstić information content (AvgIpc) is 3.55. The normalized spacial score (nSPS) is 11.8. The molecule has 0 fully saturated rings. The number of thiazole rings is 1. The molecule has 1 N–H and O–H groups in total. The number of furan rings is 1.